The van der Waals surface area contributed by atoms with Gasteiger partial charge >= 0.3 is 6.18 Å². The zero-order valence-electron chi connectivity index (χ0n) is 20.3. The van der Waals surface area contributed by atoms with Gasteiger partial charge in [0, 0.05) is 29.8 Å². The fourth-order valence-electron chi connectivity index (χ4n) is 3.60. The summed E-state index contributed by atoms with van der Waals surface area (Å²) in [4.78, 5) is 2.28. The van der Waals surface area contributed by atoms with Gasteiger partial charge in [0.25, 0.3) is 0 Å². The van der Waals surface area contributed by atoms with Crippen LogP contribution in [0.1, 0.15) is 72.1 Å². The SMILES string of the molecule is CC(C)CN(Cc1cc(C(C)(C)C)cc(-c2ccc(Cl)c(C(F)(F)F)c2)c1O)C(C)(C)C. The van der Waals surface area contributed by atoms with Crippen LogP contribution in [0.3, 0.4) is 0 Å². The molecule has 0 aliphatic heterocycles. The molecule has 0 heterocycles. The highest BCUT2D eigenvalue weighted by molar-refractivity contribution is 6.31. The Morgan fingerprint density at radius 1 is 0.969 bits per heavy atom. The van der Waals surface area contributed by atoms with Crippen LogP contribution < -0.4 is 0 Å². The van der Waals surface area contributed by atoms with E-state index in [1.807, 2.05) is 26.8 Å². The van der Waals surface area contributed by atoms with Crippen molar-refractivity contribution < 1.29 is 18.3 Å². The number of hydrogen-bond acceptors (Lipinski definition) is 2. The minimum Gasteiger partial charge on any atom is -0.507 e. The topological polar surface area (TPSA) is 23.5 Å². The van der Waals surface area contributed by atoms with Crippen LogP contribution in [0, 0.1) is 5.92 Å². The highest BCUT2D eigenvalue weighted by Crippen LogP contribution is 2.42. The monoisotopic (exact) mass is 469 g/mol. The summed E-state index contributed by atoms with van der Waals surface area (Å²) < 4.78 is 40.4. The molecule has 0 saturated heterocycles. The molecule has 0 atom stereocenters. The predicted octanol–water partition coefficient (Wildman–Crippen LogP) is 8.29. The third-order valence-corrected chi connectivity index (χ3v) is 5.86. The van der Waals surface area contributed by atoms with Gasteiger partial charge < -0.3 is 5.11 Å². The van der Waals surface area contributed by atoms with Crippen molar-refractivity contribution in [2.24, 2.45) is 5.92 Å². The molecule has 2 aromatic rings. The van der Waals surface area contributed by atoms with Crippen molar-refractivity contribution in [3.63, 3.8) is 0 Å². The molecule has 0 fully saturated rings. The highest BCUT2D eigenvalue weighted by Gasteiger charge is 2.34. The Bertz CT molecular complexity index is 953. The summed E-state index contributed by atoms with van der Waals surface area (Å²) in [6.07, 6.45) is -4.58. The molecule has 2 rings (SSSR count). The lowest BCUT2D eigenvalue weighted by molar-refractivity contribution is -0.137. The molecule has 2 aromatic carbocycles. The van der Waals surface area contributed by atoms with E-state index in [4.69, 9.17) is 11.6 Å². The number of phenolic OH excluding ortho intramolecular Hbond substituents is 1. The van der Waals surface area contributed by atoms with E-state index in [1.165, 1.54) is 12.1 Å². The Balaban J connectivity index is 2.71. The Kier molecular flexibility index (Phi) is 7.68. The molecule has 0 spiro atoms. The van der Waals surface area contributed by atoms with Crippen LogP contribution in [-0.2, 0) is 18.1 Å². The van der Waals surface area contributed by atoms with E-state index in [0.717, 1.165) is 18.2 Å². The molecule has 0 aromatic heterocycles. The van der Waals surface area contributed by atoms with Gasteiger partial charge in [-0.3, -0.25) is 4.90 Å². The van der Waals surface area contributed by atoms with Crippen LogP contribution in [0.5, 0.6) is 5.75 Å². The lowest BCUT2D eigenvalue weighted by atomic mass is 9.83. The first kappa shape index (κ1) is 26.5. The van der Waals surface area contributed by atoms with Gasteiger partial charge in [0.05, 0.1) is 10.6 Å². The van der Waals surface area contributed by atoms with E-state index in [1.54, 1.807) is 6.07 Å². The molecule has 178 valence electrons. The third-order valence-electron chi connectivity index (χ3n) is 5.53. The number of rotatable bonds is 5. The average molecular weight is 470 g/mol. The van der Waals surface area contributed by atoms with Crippen molar-refractivity contribution in [2.75, 3.05) is 6.54 Å². The van der Waals surface area contributed by atoms with E-state index in [9.17, 15) is 18.3 Å². The largest absolute Gasteiger partial charge is 0.507 e. The molecule has 2 nitrogen and oxygen atoms in total. The summed E-state index contributed by atoms with van der Waals surface area (Å²) in [5.74, 6) is 0.429. The molecule has 0 aliphatic carbocycles. The lowest BCUT2D eigenvalue weighted by Gasteiger charge is -2.37. The molecular formula is C26H35ClF3NO. The highest BCUT2D eigenvalue weighted by atomic mass is 35.5. The van der Waals surface area contributed by atoms with Crippen LogP contribution in [0.4, 0.5) is 13.2 Å². The first-order valence-corrected chi connectivity index (χ1v) is 11.3. The molecule has 0 radical (unpaired) electrons. The number of hydrogen-bond donors (Lipinski definition) is 1. The van der Waals surface area contributed by atoms with Crippen LogP contribution in [-0.4, -0.2) is 22.1 Å². The average Bonchev–Trinajstić information content (AvgIpc) is 2.60. The van der Waals surface area contributed by atoms with Gasteiger partial charge in [-0.2, -0.15) is 13.2 Å². The Labute approximate surface area is 195 Å². The maximum Gasteiger partial charge on any atom is 0.417 e. The van der Waals surface area contributed by atoms with Gasteiger partial charge in [-0.25, -0.2) is 0 Å². The summed E-state index contributed by atoms with van der Waals surface area (Å²) in [5.41, 5.74) is 1.02. The number of aromatic hydroxyl groups is 1. The van der Waals surface area contributed by atoms with E-state index in [0.29, 0.717) is 23.6 Å². The molecule has 0 amide bonds. The zero-order valence-corrected chi connectivity index (χ0v) is 21.0. The first-order chi connectivity index (χ1) is 14.4. The molecule has 6 heteroatoms. The summed E-state index contributed by atoms with van der Waals surface area (Å²) in [7, 11) is 0. The molecule has 32 heavy (non-hydrogen) atoms. The number of alkyl halides is 3. The number of nitrogens with zero attached hydrogens (tertiary/aromatic N) is 1. The van der Waals surface area contributed by atoms with Crippen molar-refractivity contribution in [3.8, 4) is 16.9 Å². The summed E-state index contributed by atoms with van der Waals surface area (Å²) in [6.45, 7) is 18.1. The van der Waals surface area contributed by atoms with Crippen LogP contribution in [0.15, 0.2) is 30.3 Å². The number of benzene rings is 2. The second-order valence-electron chi connectivity index (χ2n) is 10.9. The molecular weight excluding hydrogens is 435 g/mol. The molecule has 0 aliphatic rings. The smallest absolute Gasteiger partial charge is 0.417 e. The number of phenols is 1. The third kappa shape index (κ3) is 6.41. The van der Waals surface area contributed by atoms with Crippen molar-refractivity contribution in [3.05, 3.63) is 52.0 Å². The molecule has 0 saturated carbocycles. The first-order valence-electron chi connectivity index (χ1n) is 10.9. The minimum atomic E-state index is -4.58. The van der Waals surface area contributed by atoms with Crippen molar-refractivity contribution in [1.29, 1.82) is 0 Å². The Morgan fingerprint density at radius 2 is 1.56 bits per heavy atom. The normalized spacial score (nSPS) is 13.3. The second kappa shape index (κ2) is 9.26. The van der Waals surface area contributed by atoms with E-state index >= 15 is 0 Å². The fraction of sp³-hybridized carbons (Fsp3) is 0.538. The van der Waals surface area contributed by atoms with Crippen LogP contribution in [0.2, 0.25) is 5.02 Å². The summed E-state index contributed by atoms with van der Waals surface area (Å²) in [6, 6.07) is 7.54. The van der Waals surface area contributed by atoms with Gasteiger partial charge in [-0.1, -0.05) is 58.4 Å². The van der Waals surface area contributed by atoms with Crippen LogP contribution >= 0.6 is 11.6 Å². The number of halogens is 4. The van der Waals surface area contributed by atoms with Crippen molar-refractivity contribution in [2.45, 2.75) is 79.1 Å². The quantitative estimate of drug-likeness (QED) is 0.476. The summed E-state index contributed by atoms with van der Waals surface area (Å²) >= 11 is 5.82. The van der Waals surface area contributed by atoms with E-state index in [2.05, 4.69) is 39.5 Å². The van der Waals surface area contributed by atoms with Gasteiger partial charge in [0.2, 0.25) is 0 Å². The van der Waals surface area contributed by atoms with Crippen LogP contribution in [0.25, 0.3) is 11.1 Å². The van der Waals surface area contributed by atoms with E-state index in [-0.39, 0.29) is 27.3 Å². The molecule has 1 N–H and O–H groups in total. The standard InChI is InChI=1S/C26H35ClF3NO/c1-16(2)14-31(25(6,7)8)15-18-11-19(24(3,4)5)13-20(23(18)32)17-9-10-22(27)21(12-17)26(28,29)30/h9-13,16,32H,14-15H2,1-8H3. The lowest BCUT2D eigenvalue weighted by Crippen LogP contribution is -2.42. The molecule has 0 unspecified atom stereocenters. The Morgan fingerprint density at radius 3 is 2.03 bits per heavy atom. The van der Waals surface area contributed by atoms with Crippen molar-refractivity contribution >= 4 is 11.6 Å². The van der Waals surface area contributed by atoms with E-state index < -0.39 is 11.7 Å². The van der Waals surface area contributed by atoms with Gasteiger partial charge in [0.15, 0.2) is 0 Å². The van der Waals surface area contributed by atoms with Gasteiger partial charge in [0.1, 0.15) is 5.75 Å². The van der Waals surface area contributed by atoms with Gasteiger partial charge in [-0.15, -0.1) is 0 Å². The summed E-state index contributed by atoms with van der Waals surface area (Å²) in [5, 5.41) is 10.8. The predicted molar refractivity (Wildman–Crippen MR) is 127 cm³/mol. The minimum absolute atomic E-state index is 0.00598. The van der Waals surface area contributed by atoms with Crippen molar-refractivity contribution in [1.82, 2.24) is 4.90 Å². The fourth-order valence-corrected chi connectivity index (χ4v) is 3.82. The molecule has 0 bridgehead atoms. The maximum absolute atomic E-state index is 13.5. The van der Waals surface area contributed by atoms with Gasteiger partial charge in [-0.05, 0) is 61.4 Å². The maximum atomic E-state index is 13.5. The zero-order chi connectivity index (χ0) is 24.6. The second-order valence-corrected chi connectivity index (χ2v) is 11.3. The Hall–Kier alpha value is -1.72.